The van der Waals surface area contributed by atoms with Crippen LogP contribution in [0.25, 0.3) is 0 Å². The molecule has 0 aromatic heterocycles. The summed E-state index contributed by atoms with van der Waals surface area (Å²) in [5.41, 5.74) is 0.964. The zero-order valence-corrected chi connectivity index (χ0v) is 12.1. The van der Waals surface area contributed by atoms with Gasteiger partial charge >= 0.3 is 0 Å². The largest absolute Gasteiger partial charge is 0.493 e. The monoisotopic (exact) mass is 285 g/mol. The van der Waals surface area contributed by atoms with E-state index in [1.807, 2.05) is 0 Å². The summed E-state index contributed by atoms with van der Waals surface area (Å²) in [6, 6.07) is 5.05. The molecule has 0 N–H and O–H groups in total. The average Bonchev–Trinajstić information content (AvgIpc) is 2.85. The number of rotatable bonds is 6. The Kier molecular flexibility index (Phi) is 4.44. The third-order valence-corrected chi connectivity index (χ3v) is 5.04. The van der Waals surface area contributed by atoms with Crippen molar-refractivity contribution >= 4 is 10.0 Å². The summed E-state index contributed by atoms with van der Waals surface area (Å²) in [6.07, 6.45) is 1.45. The topological polar surface area (TPSA) is 55.8 Å². The van der Waals surface area contributed by atoms with Crippen LogP contribution in [0.1, 0.15) is 12.0 Å². The molecule has 5 nitrogen and oxygen atoms in total. The van der Waals surface area contributed by atoms with E-state index in [0.717, 1.165) is 17.7 Å². The van der Waals surface area contributed by atoms with Gasteiger partial charge in [0.25, 0.3) is 0 Å². The first-order valence-electron chi connectivity index (χ1n) is 6.26. The third-order valence-electron chi connectivity index (χ3n) is 3.19. The lowest BCUT2D eigenvalue weighted by Crippen LogP contribution is -2.28. The predicted molar refractivity (Wildman–Crippen MR) is 71.9 cm³/mol. The SMILES string of the molecule is COCCCN(C)S(=O)(=O)c1ccc2c(c1)CCO2. The highest BCUT2D eigenvalue weighted by atomic mass is 32.2. The zero-order valence-electron chi connectivity index (χ0n) is 11.3. The van der Waals surface area contributed by atoms with Crippen molar-refractivity contribution in [3.8, 4) is 5.75 Å². The fourth-order valence-corrected chi connectivity index (χ4v) is 3.32. The van der Waals surface area contributed by atoms with Crippen LogP contribution in [0.4, 0.5) is 0 Å². The van der Waals surface area contributed by atoms with Gasteiger partial charge in [-0.25, -0.2) is 12.7 Å². The summed E-state index contributed by atoms with van der Waals surface area (Å²) < 4.78 is 36.4. The lowest BCUT2D eigenvalue weighted by Gasteiger charge is -2.17. The molecule has 2 rings (SSSR count). The van der Waals surface area contributed by atoms with E-state index in [-0.39, 0.29) is 0 Å². The Balaban J connectivity index is 2.15. The molecule has 6 heteroatoms. The van der Waals surface area contributed by atoms with Gasteiger partial charge in [0.15, 0.2) is 0 Å². The number of ether oxygens (including phenoxy) is 2. The molecule has 1 aromatic rings. The Morgan fingerprint density at radius 3 is 2.95 bits per heavy atom. The zero-order chi connectivity index (χ0) is 13.9. The highest BCUT2D eigenvalue weighted by molar-refractivity contribution is 7.89. The first kappa shape index (κ1) is 14.3. The predicted octanol–water partition coefficient (Wildman–Crippen LogP) is 1.28. The molecule has 0 radical (unpaired) electrons. The second kappa shape index (κ2) is 5.90. The number of hydrogen-bond acceptors (Lipinski definition) is 4. The molecule has 0 spiro atoms. The molecule has 0 aliphatic carbocycles. The summed E-state index contributed by atoms with van der Waals surface area (Å²) >= 11 is 0. The molecule has 0 bridgehead atoms. The van der Waals surface area contributed by atoms with Gasteiger partial charge < -0.3 is 9.47 Å². The van der Waals surface area contributed by atoms with Gasteiger partial charge in [-0.05, 0) is 30.2 Å². The molecule has 106 valence electrons. The number of benzene rings is 1. The molecule has 1 aliphatic heterocycles. The van der Waals surface area contributed by atoms with Gasteiger partial charge in [0, 0.05) is 33.7 Å². The van der Waals surface area contributed by atoms with Crippen LogP contribution < -0.4 is 4.74 Å². The molecular weight excluding hydrogens is 266 g/mol. The molecule has 0 saturated carbocycles. The van der Waals surface area contributed by atoms with Gasteiger partial charge in [-0.2, -0.15) is 0 Å². The maximum atomic E-state index is 12.4. The van der Waals surface area contributed by atoms with Crippen LogP contribution in [-0.2, 0) is 21.2 Å². The van der Waals surface area contributed by atoms with E-state index in [0.29, 0.717) is 31.1 Å². The smallest absolute Gasteiger partial charge is 0.242 e. The summed E-state index contributed by atoms with van der Waals surface area (Å²) in [6.45, 7) is 1.63. The van der Waals surface area contributed by atoms with E-state index in [1.165, 1.54) is 4.31 Å². The van der Waals surface area contributed by atoms with E-state index in [9.17, 15) is 8.42 Å². The number of fused-ring (bicyclic) bond motifs is 1. The minimum absolute atomic E-state index is 0.330. The van der Waals surface area contributed by atoms with Crippen LogP contribution in [0.15, 0.2) is 23.1 Å². The van der Waals surface area contributed by atoms with Crippen LogP contribution in [0.5, 0.6) is 5.75 Å². The summed E-state index contributed by atoms with van der Waals surface area (Å²) in [7, 11) is -0.221. The van der Waals surface area contributed by atoms with Gasteiger partial charge in [-0.3, -0.25) is 0 Å². The van der Waals surface area contributed by atoms with Crippen LogP contribution in [-0.4, -0.2) is 46.6 Å². The van der Waals surface area contributed by atoms with E-state index in [4.69, 9.17) is 9.47 Å². The molecule has 1 aromatic carbocycles. The Morgan fingerprint density at radius 2 is 2.21 bits per heavy atom. The lowest BCUT2D eigenvalue weighted by molar-refractivity contribution is 0.189. The van der Waals surface area contributed by atoms with E-state index in [2.05, 4.69) is 0 Å². The van der Waals surface area contributed by atoms with Crippen molar-refractivity contribution in [3.05, 3.63) is 23.8 Å². The highest BCUT2D eigenvalue weighted by Gasteiger charge is 2.23. The first-order chi connectivity index (χ1) is 9.05. The average molecular weight is 285 g/mol. The minimum atomic E-state index is -3.42. The Bertz CT molecular complexity index is 542. The van der Waals surface area contributed by atoms with Crippen molar-refractivity contribution in [2.24, 2.45) is 0 Å². The Hall–Kier alpha value is -1.11. The Labute approximate surface area is 114 Å². The quantitative estimate of drug-likeness (QED) is 0.739. The van der Waals surface area contributed by atoms with Gasteiger partial charge in [-0.1, -0.05) is 0 Å². The molecule has 0 saturated heterocycles. The van der Waals surface area contributed by atoms with E-state index >= 15 is 0 Å². The highest BCUT2D eigenvalue weighted by Crippen LogP contribution is 2.28. The second-order valence-electron chi connectivity index (χ2n) is 4.54. The van der Waals surface area contributed by atoms with Crippen LogP contribution in [0.3, 0.4) is 0 Å². The molecule has 0 atom stereocenters. The van der Waals surface area contributed by atoms with Crippen LogP contribution >= 0.6 is 0 Å². The molecule has 19 heavy (non-hydrogen) atoms. The van der Waals surface area contributed by atoms with Crippen molar-refractivity contribution in [1.82, 2.24) is 4.31 Å². The van der Waals surface area contributed by atoms with E-state index in [1.54, 1.807) is 32.4 Å². The fourth-order valence-electron chi connectivity index (χ4n) is 2.06. The number of sulfonamides is 1. The first-order valence-corrected chi connectivity index (χ1v) is 7.70. The molecular formula is C13H19NO4S. The van der Waals surface area contributed by atoms with Gasteiger partial charge in [0.05, 0.1) is 11.5 Å². The van der Waals surface area contributed by atoms with Crippen molar-refractivity contribution in [2.75, 3.05) is 33.9 Å². The number of nitrogens with zero attached hydrogens (tertiary/aromatic N) is 1. The molecule has 0 fully saturated rings. The molecule has 1 aliphatic rings. The lowest BCUT2D eigenvalue weighted by atomic mass is 10.2. The van der Waals surface area contributed by atoms with Crippen molar-refractivity contribution < 1.29 is 17.9 Å². The number of hydrogen-bond donors (Lipinski definition) is 0. The fraction of sp³-hybridized carbons (Fsp3) is 0.538. The van der Waals surface area contributed by atoms with E-state index < -0.39 is 10.0 Å². The maximum Gasteiger partial charge on any atom is 0.242 e. The van der Waals surface area contributed by atoms with Crippen molar-refractivity contribution in [3.63, 3.8) is 0 Å². The van der Waals surface area contributed by atoms with Gasteiger partial charge in [0.1, 0.15) is 5.75 Å². The molecule has 0 unspecified atom stereocenters. The van der Waals surface area contributed by atoms with Crippen molar-refractivity contribution in [2.45, 2.75) is 17.7 Å². The molecule has 1 heterocycles. The summed E-state index contributed by atoms with van der Waals surface area (Å²) in [4.78, 5) is 0.330. The van der Waals surface area contributed by atoms with Gasteiger partial charge in [-0.15, -0.1) is 0 Å². The van der Waals surface area contributed by atoms with Crippen LogP contribution in [0.2, 0.25) is 0 Å². The molecule has 0 amide bonds. The summed E-state index contributed by atoms with van der Waals surface area (Å²) in [5.74, 6) is 0.793. The van der Waals surface area contributed by atoms with Crippen molar-refractivity contribution in [1.29, 1.82) is 0 Å². The summed E-state index contributed by atoms with van der Waals surface area (Å²) in [5, 5.41) is 0. The normalized spacial score (nSPS) is 14.5. The maximum absolute atomic E-state index is 12.4. The third kappa shape index (κ3) is 3.08. The Morgan fingerprint density at radius 1 is 1.42 bits per heavy atom. The second-order valence-corrected chi connectivity index (χ2v) is 6.59. The number of methoxy groups -OCH3 is 1. The minimum Gasteiger partial charge on any atom is -0.493 e. The van der Waals surface area contributed by atoms with Gasteiger partial charge in [0.2, 0.25) is 10.0 Å². The van der Waals surface area contributed by atoms with Crippen LogP contribution in [0, 0.1) is 0 Å². The standard InChI is InChI=1S/C13H19NO4S/c1-14(7-3-8-17-2)19(15,16)12-4-5-13-11(10-12)6-9-18-13/h4-5,10H,3,6-9H2,1-2H3.